The summed E-state index contributed by atoms with van der Waals surface area (Å²) in [6.07, 6.45) is 1.08. The molecule has 1 unspecified atom stereocenters. The number of hydrogen-bond donors (Lipinski definition) is 1. The van der Waals surface area contributed by atoms with Gasteiger partial charge < -0.3 is 10.5 Å². The largest absolute Gasteiger partial charge is 0.496 e. The van der Waals surface area contributed by atoms with Crippen molar-refractivity contribution in [2.75, 3.05) is 7.11 Å². The Kier molecular flexibility index (Phi) is 5.64. The van der Waals surface area contributed by atoms with E-state index in [0.29, 0.717) is 5.92 Å². The first-order valence-electron chi connectivity index (χ1n) is 6.50. The Morgan fingerprint density at radius 2 is 1.74 bits per heavy atom. The molecule has 0 aliphatic rings. The van der Waals surface area contributed by atoms with Crippen LogP contribution < -0.4 is 10.5 Å². The first-order valence-corrected chi connectivity index (χ1v) is 6.50. The molecule has 19 heavy (non-hydrogen) atoms. The second kappa shape index (κ2) is 6.78. The van der Waals surface area contributed by atoms with Crippen LogP contribution in [0.25, 0.3) is 10.8 Å². The van der Waals surface area contributed by atoms with Crippen molar-refractivity contribution in [2.24, 2.45) is 11.7 Å². The SMILES string of the molecule is CCC(C)[C@H](N)c1ccc(OC)c2ccccc12.Cl. The van der Waals surface area contributed by atoms with Crippen molar-refractivity contribution in [3.63, 3.8) is 0 Å². The van der Waals surface area contributed by atoms with Crippen molar-refractivity contribution in [3.8, 4) is 5.75 Å². The highest BCUT2D eigenvalue weighted by Gasteiger charge is 2.16. The highest BCUT2D eigenvalue weighted by molar-refractivity contribution is 5.91. The fourth-order valence-electron chi connectivity index (χ4n) is 2.32. The van der Waals surface area contributed by atoms with Gasteiger partial charge in [-0.2, -0.15) is 0 Å². The molecular weight excluding hydrogens is 258 g/mol. The third-order valence-electron chi connectivity index (χ3n) is 3.75. The minimum Gasteiger partial charge on any atom is -0.496 e. The van der Waals surface area contributed by atoms with Crippen LogP contribution in [0.3, 0.4) is 0 Å². The molecule has 0 heterocycles. The molecule has 0 bridgehead atoms. The average Bonchev–Trinajstić information content (AvgIpc) is 2.44. The van der Waals surface area contributed by atoms with Gasteiger partial charge in [0.05, 0.1) is 7.11 Å². The summed E-state index contributed by atoms with van der Waals surface area (Å²) in [7, 11) is 1.70. The predicted octanol–water partition coefficient (Wildman–Crippen LogP) is 4.32. The van der Waals surface area contributed by atoms with Crippen LogP contribution in [0.4, 0.5) is 0 Å². The Morgan fingerprint density at radius 1 is 1.11 bits per heavy atom. The molecule has 2 aromatic rings. The molecular formula is C16H22ClNO. The van der Waals surface area contributed by atoms with Gasteiger partial charge in [0.2, 0.25) is 0 Å². The van der Waals surface area contributed by atoms with Crippen molar-refractivity contribution >= 4 is 23.2 Å². The normalized spacial score (nSPS) is 13.7. The van der Waals surface area contributed by atoms with Gasteiger partial charge in [-0.1, -0.05) is 50.6 Å². The molecule has 2 N–H and O–H groups in total. The first kappa shape index (κ1) is 15.8. The van der Waals surface area contributed by atoms with E-state index >= 15 is 0 Å². The van der Waals surface area contributed by atoms with Crippen LogP contribution in [0.5, 0.6) is 5.75 Å². The molecule has 2 aromatic carbocycles. The molecule has 0 amide bonds. The number of hydrogen-bond acceptors (Lipinski definition) is 2. The summed E-state index contributed by atoms with van der Waals surface area (Å²) >= 11 is 0. The molecule has 0 radical (unpaired) electrons. The third-order valence-corrected chi connectivity index (χ3v) is 3.75. The second-order valence-electron chi connectivity index (χ2n) is 4.81. The maximum atomic E-state index is 6.37. The van der Waals surface area contributed by atoms with Crippen LogP contribution in [0.2, 0.25) is 0 Å². The monoisotopic (exact) mass is 279 g/mol. The molecule has 2 nitrogen and oxygen atoms in total. The summed E-state index contributed by atoms with van der Waals surface area (Å²) < 4.78 is 5.41. The minimum absolute atomic E-state index is 0. The van der Waals surface area contributed by atoms with Crippen LogP contribution in [0, 0.1) is 5.92 Å². The van der Waals surface area contributed by atoms with Crippen molar-refractivity contribution < 1.29 is 4.74 Å². The summed E-state index contributed by atoms with van der Waals surface area (Å²) in [5.74, 6) is 1.38. The lowest BCUT2D eigenvalue weighted by Gasteiger charge is -2.21. The van der Waals surface area contributed by atoms with E-state index in [1.165, 1.54) is 10.9 Å². The number of methoxy groups -OCH3 is 1. The van der Waals surface area contributed by atoms with Gasteiger partial charge in [0.15, 0.2) is 0 Å². The maximum absolute atomic E-state index is 6.37. The van der Waals surface area contributed by atoms with Crippen molar-refractivity contribution in [1.82, 2.24) is 0 Å². The van der Waals surface area contributed by atoms with Crippen LogP contribution in [0.15, 0.2) is 36.4 Å². The van der Waals surface area contributed by atoms with Crippen LogP contribution in [-0.2, 0) is 0 Å². The van der Waals surface area contributed by atoms with Gasteiger partial charge in [0, 0.05) is 11.4 Å². The van der Waals surface area contributed by atoms with Gasteiger partial charge in [-0.3, -0.25) is 0 Å². The lowest BCUT2D eigenvalue weighted by atomic mass is 9.90. The van der Waals surface area contributed by atoms with Crippen LogP contribution in [-0.4, -0.2) is 7.11 Å². The molecule has 0 saturated carbocycles. The Hall–Kier alpha value is -1.25. The molecule has 0 aliphatic heterocycles. The summed E-state index contributed by atoms with van der Waals surface area (Å²) in [6, 6.07) is 12.5. The van der Waals surface area contributed by atoms with E-state index in [1.54, 1.807) is 7.11 Å². The summed E-state index contributed by atoms with van der Waals surface area (Å²) in [6.45, 7) is 4.37. The summed E-state index contributed by atoms with van der Waals surface area (Å²) in [5, 5.41) is 2.33. The van der Waals surface area contributed by atoms with Gasteiger partial charge in [-0.15, -0.1) is 12.4 Å². The maximum Gasteiger partial charge on any atom is 0.126 e. The van der Waals surface area contributed by atoms with Gasteiger partial charge >= 0.3 is 0 Å². The van der Waals surface area contributed by atoms with E-state index in [-0.39, 0.29) is 18.4 Å². The molecule has 0 fully saturated rings. The van der Waals surface area contributed by atoms with Crippen molar-refractivity contribution in [2.45, 2.75) is 26.3 Å². The highest BCUT2D eigenvalue weighted by atomic mass is 35.5. The van der Waals surface area contributed by atoms with Crippen LogP contribution in [0.1, 0.15) is 31.9 Å². The summed E-state index contributed by atoms with van der Waals surface area (Å²) in [5.41, 5.74) is 7.57. The second-order valence-corrected chi connectivity index (χ2v) is 4.81. The van der Waals surface area contributed by atoms with E-state index < -0.39 is 0 Å². The topological polar surface area (TPSA) is 35.2 Å². The first-order chi connectivity index (χ1) is 8.69. The Labute approximate surface area is 121 Å². The molecule has 3 heteroatoms. The minimum atomic E-state index is 0. The average molecular weight is 280 g/mol. The molecule has 2 rings (SSSR count). The fraction of sp³-hybridized carbons (Fsp3) is 0.375. The third kappa shape index (κ3) is 3.02. The quantitative estimate of drug-likeness (QED) is 0.905. The molecule has 2 atom stereocenters. The smallest absolute Gasteiger partial charge is 0.126 e. The van der Waals surface area contributed by atoms with Gasteiger partial charge in [-0.05, 0) is 22.9 Å². The number of ether oxygens (including phenoxy) is 1. The Morgan fingerprint density at radius 3 is 2.32 bits per heavy atom. The van der Waals surface area contributed by atoms with Crippen molar-refractivity contribution in [1.29, 1.82) is 0 Å². The molecule has 0 aromatic heterocycles. The van der Waals surface area contributed by atoms with E-state index in [9.17, 15) is 0 Å². The predicted molar refractivity (Wildman–Crippen MR) is 84.1 cm³/mol. The lowest BCUT2D eigenvalue weighted by molar-refractivity contribution is 0.419. The molecule has 104 valence electrons. The van der Waals surface area contributed by atoms with E-state index in [2.05, 4.69) is 38.1 Å². The van der Waals surface area contributed by atoms with E-state index in [4.69, 9.17) is 10.5 Å². The standard InChI is InChI=1S/C16H21NO.ClH/c1-4-11(2)16(17)14-9-10-15(18-3)13-8-6-5-7-12(13)14;/h5-11,16H,4,17H2,1-3H3;1H/t11?,16-;/m0./s1. The van der Waals surface area contributed by atoms with Gasteiger partial charge in [-0.25, -0.2) is 0 Å². The zero-order chi connectivity index (χ0) is 13.1. The molecule has 0 spiro atoms. The van der Waals surface area contributed by atoms with E-state index in [1.807, 2.05) is 12.1 Å². The number of fused-ring (bicyclic) bond motifs is 1. The Bertz CT molecular complexity index is 541. The van der Waals surface area contributed by atoms with Crippen LogP contribution >= 0.6 is 12.4 Å². The zero-order valence-electron chi connectivity index (χ0n) is 11.7. The number of nitrogens with two attached hydrogens (primary N) is 1. The Balaban J connectivity index is 0.00000180. The molecule has 0 saturated heterocycles. The summed E-state index contributed by atoms with van der Waals surface area (Å²) in [4.78, 5) is 0. The number of benzene rings is 2. The van der Waals surface area contributed by atoms with Crippen molar-refractivity contribution in [3.05, 3.63) is 42.0 Å². The molecule has 0 aliphatic carbocycles. The number of rotatable bonds is 4. The lowest BCUT2D eigenvalue weighted by Crippen LogP contribution is -2.18. The van der Waals surface area contributed by atoms with Gasteiger partial charge in [0.1, 0.15) is 5.75 Å². The van der Waals surface area contributed by atoms with Gasteiger partial charge in [0.25, 0.3) is 0 Å². The fourth-order valence-corrected chi connectivity index (χ4v) is 2.32. The zero-order valence-corrected chi connectivity index (χ0v) is 12.5. The highest BCUT2D eigenvalue weighted by Crippen LogP contribution is 2.33. The van der Waals surface area contributed by atoms with E-state index in [0.717, 1.165) is 17.6 Å². The number of halogens is 1.